The fraction of sp³-hybridized carbons (Fsp3) is 0.357. The third kappa shape index (κ3) is 5.18. The number of methoxy groups -OCH3 is 1. The van der Waals surface area contributed by atoms with Gasteiger partial charge in [-0.1, -0.05) is 37.5 Å². The Morgan fingerprint density at radius 1 is 1.00 bits per heavy atom. The van der Waals surface area contributed by atoms with Gasteiger partial charge in [-0.3, -0.25) is 14.5 Å². The Labute approximate surface area is 215 Å². The summed E-state index contributed by atoms with van der Waals surface area (Å²) in [6, 6.07) is 17.5. The van der Waals surface area contributed by atoms with Crippen molar-refractivity contribution < 1.29 is 23.8 Å². The molecule has 0 saturated heterocycles. The zero-order valence-electron chi connectivity index (χ0n) is 20.2. The van der Waals surface area contributed by atoms with Gasteiger partial charge in [-0.2, -0.15) is 0 Å². The van der Waals surface area contributed by atoms with Gasteiger partial charge < -0.3 is 19.5 Å². The number of nitrogens with zero attached hydrogens (tertiary/aromatic N) is 1. The molecule has 0 unspecified atom stereocenters. The van der Waals surface area contributed by atoms with Crippen molar-refractivity contribution in [2.75, 3.05) is 18.6 Å². The maximum absolute atomic E-state index is 14.1. The first-order chi connectivity index (χ1) is 17.6. The molecule has 1 fully saturated rings. The van der Waals surface area contributed by atoms with Crippen LogP contribution in [0.15, 0.2) is 66.0 Å². The summed E-state index contributed by atoms with van der Waals surface area (Å²) in [7, 11) is 1.59. The monoisotopic (exact) mass is 506 g/mol. The minimum absolute atomic E-state index is 0.0594. The molecule has 8 heteroatoms. The largest absolute Gasteiger partial charge is 0.497 e. The van der Waals surface area contributed by atoms with Crippen molar-refractivity contribution in [2.24, 2.45) is 0 Å². The number of ether oxygens (including phenoxy) is 3. The maximum atomic E-state index is 14.1. The van der Waals surface area contributed by atoms with Crippen LogP contribution in [0.5, 0.6) is 17.2 Å². The van der Waals surface area contributed by atoms with Gasteiger partial charge in [0.2, 0.25) is 12.0 Å². The third-order valence-electron chi connectivity index (χ3n) is 6.64. The van der Waals surface area contributed by atoms with Gasteiger partial charge in [-0.15, -0.1) is 11.3 Å². The second-order valence-electron chi connectivity index (χ2n) is 9.03. The Morgan fingerprint density at radius 3 is 2.44 bits per heavy atom. The molecule has 1 aromatic heterocycles. The summed E-state index contributed by atoms with van der Waals surface area (Å²) in [4.78, 5) is 30.3. The average Bonchev–Trinajstić information content (AvgIpc) is 3.46. The minimum Gasteiger partial charge on any atom is -0.497 e. The second-order valence-corrected chi connectivity index (χ2v) is 10.0. The smallest absolute Gasteiger partial charge is 0.272 e. The normalized spacial score (nSPS) is 18.2. The van der Waals surface area contributed by atoms with E-state index < -0.39 is 12.1 Å². The van der Waals surface area contributed by atoms with Crippen LogP contribution >= 0.6 is 11.3 Å². The van der Waals surface area contributed by atoms with Gasteiger partial charge in [0.1, 0.15) is 18.4 Å². The van der Waals surface area contributed by atoms with Crippen molar-refractivity contribution in [2.45, 2.75) is 50.3 Å². The van der Waals surface area contributed by atoms with Gasteiger partial charge in [0.05, 0.1) is 7.11 Å². The number of hydrogen-bond donors (Lipinski definition) is 1. The molecule has 1 aliphatic heterocycles. The molecule has 3 aromatic rings. The molecule has 1 saturated carbocycles. The minimum atomic E-state index is -0.896. The van der Waals surface area contributed by atoms with E-state index in [1.165, 1.54) is 17.8 Å². The Bertz CT molecular complexity index is 1170. The summed E-state index contributed by atoms with van der Waals surface area (Å²) >= 11 is 1.45. The number of para-hydroxylation sites is 2. The zero-order valence-corrected chi connectivity index (χ0v) is 21.0. The van der Waals surface area contributed by atoms with Crippen LogP contribution in [-0.2, 0) is 9.59 Å². The standard InChI is InChI=1S/C28H30N2O5S/c1-33-21-15-13-20(14-16-21)30(28(32)24-18-34-22-10-5-6-11-23(22)35-24)26(25-12-7-17-36-25)27(31)29-19-8-3-2-4-9-19/h5-7,10-17,19,24,26H,2-4,8-9,18H2,1H3,(H,29,31)/t24-,26+/m0/s1. The molecule has 36 heavy (non-hydrogen) atoms. The van der Waals surface area contributed by atoms with Crippen molar-refractivity contribution >= 4 is 28.8 Å². The lowest BCUT2D eigenvalue weighted by molar-refractivity contribution is -0.132. The van der Waals surface area contributed by atoms with Crippen molar-refractivity contribution in [3.63, 3.8) is 0 Å². The fourth-order valence-corrected chi connectivity index (χ4v) is 5.60. The molecule has 2 heterocycles. The Morgan fingerprint density at radius 2 is 1.75 bits per heavy atom. The van der Waals surface area contributed by atoms with Crippen molar-refractivity contribution in [1.29, 1.82) is 0 Å². The Kier molecular flexibility index (Phi) is 7.41. The summed E-state index contributed by atoms with van der Waals surface area (Å²) in [6.07, 6.45) is 4.40. The zero-order chi connectivity index (χ0) is 24.9. The first-order valence-electron chi connectivity index (χ1n) is 12.3. The summed E-state index contributed by atoms with van der Waals surface area (Å²) in [5.74, 6) is 1.24. The summed E-state index contributed by atoms with van der Waals surface area (Å²) in [5.41, 5.74) is 0.584. The van der Waals surface area contributed by atoms with E-state index in [1.807, 2.05) is 35.7 Å². The highest BCUT2D eigenvalue weighted by Gasteiger charge is 2.40. The molecule has 0 radical (unpaired) electrons. The lowest BCUT2D eigenvalue weighted by atomic mass is 9.95. The SMILES string of the molecule is COc1ccc(N(C(=O)[C@@H]2COc3ccccc3O2)[C@@H](C(=O)NC2CCCCC2)c2cccs2)cc1. The summed E-state index contributed by atoms with van der Waals surface area (Å²) < 4.78 is 17.2. The molecule has 0 spiro atoms. The van der Waals surface area contributed by atoms with Crippen LogP contribution in [0.2, 0.25) is 0 Å². The number of anilines is 1. The maximum Gasteiger partial charge on any atom is 0.272 e. The fourth-order valence-electron chi connectivity index (χ4n) is 4.79. The van der Waals surface area contributed by atoms with Crippen LogP contribution in [0, 0.1) is 0 Å². The van der Waals surface area contributed by atoms with Crippen LogP contribution in [-0.4, -0.2) is 37.7 Å². The molecule has 1 aliphatic carbocycles. The molecule has 0 bridgehead atoms. The highest BCUT2D eigenvalue weighted by molar-refractivity contribution is 7.10. The van der Waals surface area contributed by atoms with Gasteiger partial charge >= 0.3 is 0 Å². The molecule has 2 aromatic carbocycles. The molecule has 5 rings (SSSR count). The van der Waals surface area contributed by atoms with E-state index in [2.05, 4.69) is 5.32 Å². The molecule has 2 amide bonds. The van der Waals surface area contributed by atoms with E-state index in [9.17, 15) is 9.59 Å². The highest BCUT2D eigenvalue weighted by atomic mass is 32.1. The lowest BCUT2D eigenvalue weighted by Crippen LogP contribution is -2.52. The van der Waals surface area contributed by atoms with Crippen LogP contribution in [0.4, 0.5) is 5.69 Å². The number of nitrogens with one attached hydrogen (secondary N) is 1. The van der Waals surface area contributed by atoms with Gasteiger partial charge in [0.25, 0.3) is 5.91 Å². The predicted octanol–water partition coefficient (Wildman–Crippen LogP) is 5.12. The molecule has 2 atom stereocenters. The number of carbonyl (C=O) groups excluding carboxylic acids is 2. The van der Waals surface area contributed by atoms with E-state index >= 15 is 0 Å². The number of thiophene rings is 1. The van der Waals surface area contributed by atoms with Crippen molar-refractivity contribution in [3.8, 4) is 17.2 Å². The Balaban J connectivity index is 1.50. The predicted molar refractivity (Wildman–Crippen MR) is 139 cm³/mol. The quantitative estimate of drug-likeness (QED) is 0.481. The number of amides is 2. The van der Waals surface area contributed by atoms with E-state index in [0.717, 1.165) is 30.6 Å². The van der Waals surface area contributed by atoms with E-state index in [-0.39, 0.29) is 24.5 Å². The Hall–Kier alpha value is -3.52. The van der Waals surface area contributed by atoms with Gasteiger partial charge in [-0.25, -0.2) is 0 Å². The van der Waals surface area contributed by atoms with E-state index in [0.29, 0.717) is 22.9 Å². The molecular weight excluding hydrogens is 476 g/mol. The van der Waals surface area contributed by atoms with Crippen molar-refractivity contribution in [3.05, 3.63) is 70.9 Å². The number of benzene rings is 2. The summed E-state index contributed by atoms with van der Waals surface area (Å²) in [5, 5.41) is 5.15. The topological polar surface area (TPSA) is 77.1 Å². The van der Waals surface area contributed by atoms with E-state index in [1.54, 1.807) is 42.3 Å². The van der Waals surface area contributed by atoms with Crippen molar-refractivity contribution in [1.82, 2.24) is 5.32 Å². The number of carbonyl (C=O) groups is 2. The van der Waals surface area contributed by atoms with Crippen LogP contribution in [0.3, 0.4) is 0 Å². The van der Waals surface area contributed by atoms with Gasteiger partial charge in [-0.05, 0) is 60.7 Å². The number of rotatable bonds is 7. The first kappa shape index (κ1) is 24.2. The second kappa shape index (κ2) is 11.0. The van der Waals surface area contributed by atoms with Gasteiger partial charge in [0.15, 0.2) is 11.5 Å². The number of fused-ring (bicyclic) bond motifs is 1. The van der Waals surface area contributed by atoms with Gasteiger partial charge in [0, 0.05) is 16.6 Å². The van der Waals surface area contributed by atoms with Crippen LogP contribution < -0.4 is 24.4 Å². The molecule has 1 N–H and O–H groups in total. The average molecular weight is 507 g/mol. The summed E-state index contributed by atoms with van der Waals surface area (Å²) in [6.45, 7) is 0.0594. The molecule has 7 nitrogen and oxygen atoms in total. The molecular formula is C28H30N2O5S. The molecule has 188 valence electrons. The van der Waals surface area contributed by atoms with Crippen LogP contribution in [0.25, 0.3) is 0 Å². The highest BCUT2D eigenvalue weighted by Crippen LogP contribution is 2.36. The van der Waals surface area contributed by atoms with Crippen LogP contribution in [0.1, 0.15) is 43.0 Å². The first-order valence-corrected chi connectivity index (χ1v) is 13.2. The van der Waals surface area contributed by atoms with E-state index in [4.69, 9.17) is 14.2 Å². The number of hydrogen-bond acceptors (Lipinski definition) is 6. The third-order valence-corrected chi connectivity index (χ3v) is 7.57. The lowest BCUT2D eigenvalue weighted by Gasteiger charge is -2.35. The molecule has 2 aliphatic rings.